The molecule has 2 aromatic rings. The van der Waals surface area contributed by atoms with Gasteiger partial charge in [0.05, 0.1) is 43.0 Å². The molecule has 2 saturated heterocycles. The number of hydrogen-bond donors (Lipinski definition) is 0. The SMILES string of the molecule is CC1(C)CC(=O)c2sc(N3CCOCC3Cc3ccc(N4CCOCC4)cc3)nc2C1. The van der Waals surface area contributed by atoms with Crippen LogP contribution in [0.3, 0.4) is 0 Å². The summed E-state index contributed by atoms with van der Waals surface area (Å²) in [4.78, 5) is 23.2. The third-order valence-electron chi connectivity index (χ3n) is 6.48. The molecule has 6 nitrogen and oxygen atoms in total. The van der Waals surface area contributed by atoms with Crippen molar-refractivity contribution in [2.45, 2.75) is 39.2 Å². The number of nitrogens with zero attached hydrogens (tertiary/aromatic N) is 3. The van der Waals surface area contributed by atoms with Crippen LogP contribution in [-0.4, -0.2) is 62.9 Å². The van der Waals surface area contributed by atoms with Gasteiger partial charge in [-0.25, -0.2) is 4.98 Å². The first-order valence-corrected chi connectivity index (χ1v) is 12.1. The molecule has 7 heteroatoms. The van der Waals surface area contributed by atoms with E-state index < -0.39 is 0 Å². The van der Waals surface area contributed by atoms with E-state index >= 15 is 0 Å². The van der Waals surface area contributed by atoms with E-state index in [9.17, 15) is 4.79 Å². The number of aromatic nitrogens is 1. The van der Waals surface area contributed by atoms with Crippen LogP contribution in [0.5, 0.6) is 0 Å². The normalized spacial score (nSPS) is 23.7. The second-order valence-electron chi connectivity index (χ2n) is 9.61. The molecule has 1 unspecified atom stereocenters. The Morgan fingerprint density at radius 2 is 1.81 bits per heavy atom. The van der Waals surface area contributed by atoms with Crippen LogP contribution < -0.4 is 9.80 Å². The van der Waals surface area contributed by atoms with E-state index in [-0.39, 0.29) is 17.2 Å². The molecule has 3 aliphatic rings. The maximum Gasteiger partial charge on any atom is 0.186 e. The van der Waals surface area contributed by atoms with Crippen molar-refractivity contribution < 1.29 is 14.3 Å². The third kappa shape index (κ3) is 4.49. The summed E-state index contributed by atoms with van der Waals surface area (Å²) in [6.07, 6.45) is 2.40. The lowest BCUT2D eigenvalue weighted by Crippen LogP contribution is -2.46. The van der Waals surface area contributed by atoms with Crippen molar-refractivity contribution in [3.8, 4) is 0 Å². The molecule has 0 radical (unpaired) electrons. The highest BCUT2D eigenvalue weighted by Crippen LogP contribution is 2.40. The Morgan fingerprint density at radius 1 is 1.06 bits per heavy atom. The highest BCUT2D eigenvalue weighted by molar-refractivity contribution is 7.17. The van der Waals surface area contributed by atoms with Gasteiger partial charge in [0.15, 0.2) is 10.9 Å². The zero-order valence-electron chi connectivity index (χ0n) is 18.4. The molecule has 31 heavy (non-hydrogen) atoms. The summed E-state index contributed by atoms with van der Waals surface area (Å²) in [5, 5.41) is 0.981. The van der Waals surface area contributed by atoms with Crippen LogP contribution in [-0.2, 0) is 22.3 Å². The van der Waals surface area contributed by atoms with Gasteiger partial charge >= 0.3 is 0 Å². The highest BCUT2D eigenvalue weighted by atomic mass is 32.1. The van der Waals surface area contributed by atoms with Crippen molar-refractivity contribution in [3.63, 3.8) is 0 Å². The zero-order valence-corrected chi connectivity index (χ0v) is 19.2. The van der Waals surface area contributed by atoms with Crippen molar-refractivity contribution >= 4 is 27.9 Å². The molecular formula is C24H31N3O3S. The van der Waals surface area contributed by atoms with Gasteiger partial charge in [-0.2, -0.15) is 0 Å². The number of ketones is 1. The van der Waals surface area contributed by atoms with Gasteiger partial charge < -0.3 is 19.3 Å². The molecule has 2 aliphatic heterocycles. The van der Waals surface area contributed by atoms with E-state index in [1.54, 1.807) is 11.3 Å². The fourth-order valence-corrected chi connectivity index (χ4v) is 5.96. The maximum absolute atomic E-state index is 12.6. The lowest BCUT2D eigenvalue weighted by atomic mass is 9.78. The Labute approximate surface area is 188 Å². The zero-order chi connectivity index (χ0) is 21.4. The van der Waals surface area contributed by atoms with Gasteiger partial charge in [-0.05, 0) is 36.0 Å². The van der Waals surface area contributed by atoms with Crippen molar-refractivity contribution in [2.24, 2.45) is 5.41 Å². The second-order valence-corrected chi connectivity index (χ2v) is 10.6. The average molecular weight is 442 g/mol. The predicted molar refractivity (Wildman–Crippen MR) is 124 cm³/mol. The lowest BCUT2D eigenvalue weighted by molar-refractivity contribution is 0.0915. The lowest BCUT2D eigenvalue weighted by Gasteiger charge is -2.35. The van der Waals surface area contributed by atoms with Crippen molar-refractivity contribution in [2.75, 3.05) is 55.9 Å². The molecule has 1 aliphatic carbocycles. The minimum absolute atomic E-state index is 0.00205. The molecule has 1 aromatic heterocycles. The van der Waals surface area contributed by atoms with E-state index in [2.05, 4.69) is 47.9 Å². The molecule has 0 spiro atoms. The molecule has 1 atom stereocenters. The molecule has 0 saturated carbocycles. The highest BCUT2D eigenvalue weighted by Gasteiger charge is 2.36. The van der Waals surface area contributed by atoms with Gasteiger partial charge in [0.2, 0.25) is 0 Å². The summed E-state index contributed by atoms with van der Waals surface area (Å²) in [5.74, 6) is 0.249. The summed E-state index contributed by atoms with van der Waals surface area (Å²) in [6, 6.07) is 9.14. The van der Waals surface area contributed by atoms with Crippen LogP contribution in [0.25, 0.3) is 0 Å². The Hall–Kier alpha value is -1.96. The Bertz CT molecular complexity index is 934. The van der Waals surface area contributed by atoms with Gasteiger partial charge in [-0.15, -0.1) is 0 Å². The van der Waals surface area contributed by atoms with Crippen LogP contribution in [0.15, 0.2) is 24.3 Å². The van der Waals surface area contributed by atoms with E-state index in [4.69, 9.17) is 14.5 Å². The number of fused-ring (bicyclic) bond motifs is 1. The van der Waals surface area contributed by atoms with Crippen LogP contribution in [0, 0.1) is 5.41 Å². The predicted octanol–water partition coefficient (Wildman–Crippen LogP) is 3.58. The average Bonchev–Trinajstić information content (AvgIpc) is 3.18. The fraction of sp³-hybridized carbons (Fsp3) is 0.583. The second kappa shape index (κ2) is 8.52. The summed E-state index contributed by atoms with van der Waals surface area (Å²) >= 11 is 1.58. The fourth-order valence-electron chi connectivity index (χ4n) is 4.84. The number of ether oxygens (including phenoxy) is 2. The molecule has 3 heterocycles. The van der Waals surface area contributed by atoms with Gasteiger partial charge in [0.25, 0.3) is 0 Å². The van der Waals surface area contributed by atoms with E-state index in [1.807, 2.05) is 0 Å². The summed E-state index contributed by atoms with van der Waals surface area (Å²) in [6.45, 7) is 10.0. The van der Waals surface area contributed by atoms with Gasteiger partial charge in [0.1, 0.15) is 0 Å². The maximum atomic E-state index is 12.6. The smallest absolute Gasteiger partial charge is 0.186 e. The first-order chi connectivity index (χ1) is 15.0. The summed E-state index contributed by atoms with van der Waals surface area (Å²) < 4.78 is 11.3. The van der Waals surface area contributed by atoms with Crippen LogP contribution in [0.4, 0.5) is 10.8 Å². The minimum Gasteiger partial charge on any atom is -0.378 e. The molecule has 1 aromatic carbocycles. The number of carbonyl (C=O) groups is 1. The standard InChI is InChI=1S/C24H31N3O3S/c1-24(2)14-20-22(21(28)15-24)31-23(25-20)27-9-12-30-16-19(27)13-17-3-5-18(6-4-17)26-7-10-29-11-8-26/h3-6,19H,7-16H2,1-2H3. The summed E-state index contributed by atoms with van der Waals surface area (Å²) in [5.41, 5.74) is 3.55. The first kappa shape index (κ1) is 20.9. The van der Waals surface area contributed by atoms with Gasteiger partial charge in [-0.1, -0.05) is 37.3 Å². The molecular weight excluding hydrogens is 410 g/mol. The van der Waals surface area contributed by atoms with Gasteiger partial charge in [-0.3, -0.25) is 4.79 Å². The van der Waals surface area contributed by atoms with Crippen molar-refractivity contribution in [3.05, 3.63) is 40.4 Å². The van der Waals surface area contributed by atoms with E-state index in [1.165, 1.54) is 11.3 Å². The first-order valence-electron chi connectivity index (χ1n) is 11.3. The van der Waals surface area contributed by atoms with Crippen molar-refractivity contribution in [1.82, 2.24) is 4.98 Å². The molecule has 5 rings (SSSR count). The number of benzene rings is 1. The van der Waals surface area contributed by atoms with Crippen LogP contribution >= 0.6 is 11.3 Å². The molecule has 0 bridgehead atoms. The van der Waals surface area contributed by atoms with Crippen molar-refractivity contribution in [1.29, 1.82) is 0 Å². The number of carbonyl (C=O) groups excluding carboxylic acids is 1. The number of hydrogen-bond acceptors (Lipinski definition) is 7. The number of thiazole rings is 1. The molecule has 2 fully saturated rings. The Balaban J connectivity index is 1.32. The number of morpholine rings is 2. The number of Topliss-reactive ketones (excluding diaryl/α,β-unsaturated/α-hetero) is 1. The Morgan fingerprint density at radius 3 is 2.58 bits per heavy atom. The number of rotatable bonds is 4. The molecule has 0 amide bonds. The topological polar surface area (TPSA) is 54.9 Å². The van der Waals surface area contributed by atoms with Crippen LogP contribution in [0.2, 0.25) is 0 Å². The van der Waals surface area contributed by atoms with E-state index in [0.29, 0.717) is 19.6 Å². The molecule has 166 valence electrons. The quantitative estimate of drug-likeness (QED) is 0.723. The van der Waals surface area contributed by atoms with Gasteiger partial charge in [0, 0.05) is 31.7 Å². The third-order valence-corrected chi connectivity index (χ3v) is 7.66. The van der Waals surface area contributed by atoms with Crippen LogP contribution in [0.1, 0.15) is 41.2 Å². The minimum atomic E-state index is 0.00205. The van der Waals surface area contributed by atoms with E-state index in [0.717, 1.165) is 61.4 Å². The summed E-state index contributed by atoms with van der Waals surface area (Å²) in [7, 11) is 0. The molecule has 0 N–H and O–H groups in total. The monoisotopic (exact) mass is 441 g/mol. The number of anilines is 2. The largest absolute Gasteiger partial charge is 0.378 e. The Kier molecular flexibility index (Phi) is 5.75.